The molecule has 0 aromatic heterocycles. The molecule has 2 aliphatic rings. The minimum Gasteiger partial charge on any atom is -0.481 e. The molecular weight excluding hydrogens is 260 g/mol. The Hall–Kier alpha value is -1.59. The van der Waals surface area contributed by atoms with E-state index in [9.17, 15) is 14.4 Å². The molecule has 1 saturated carbocycles. The monoisotopic (exact) mass is 282 g/mol. The fourth-order valence-electron chi connectivity index (χ4n) is 3.25. The van der Waals surface area contributed by atoms with Crippen molar-refractivity contribution in [2.45, 2.75) is 38.6 Å². The highest BCUT2D eigenvalue weighted by Crippen LogP contribution is 2.34. The fourth-order valence-corrected chi connectivity index (χ4v) is 3.25. The van der Waals surface area contributed by atoms with Crippen LogP contribution in [0.1, 0.15) is 33.1 Å². The zero-order valence-corrected chi connectivity index (χ0v) is 12.3. The van der Waals surface area contributed by atoms with Crippen LogP contribution in [0.25, 0.3) is 0 Å². The number of amides is 2. The van der Waals surface area contributed by atoms with Crippen LogP contribution in [0.5, 0.6) is 0 Å². The first-order valence-corrected chi connectivity index (χ1v) is 7.05. The van der Waals surface area contributed by atoms with Gasteiger partial charge in [-0.1, -0.05) is 0 Å². The number of hydrogen-bond donors (Lipinski definition) is 1. The number of carbonyl (C=O) groups excluding carboxylic acids is 2. The average molecular weight is 282 g/mol. The van der Waals surface area contributed by atoms with E-state index in [4.69, 9.17) is 5.11 Å². The van der Waals surface area contributed by atoms with Crippen LogP contribution >= 0.6 is 0 Å². The molecule has 2 amide bonds. The molecule has 0 radical (unpaired) electrons. The van der Waals surface area contributed by atoms with Crippen LogP contribution in [0.3, 0.4) is 0 Å². The summed E-state index contributed by atoms with van der Waals surface area (Å²) in [6, 6.07) is 0. The Bertz CT molecular complexity index is 446. The Balaban J connectivity index is 2.10. The van der Waals surface area contributed by atoms with Crippen molar-refractivity contribution in [3.63, 3.8) is 0 Å². The first-order valence-electron chi connectivity index (χ1n) is 7.05. The minimum atomic E-state index is -0.842. The number of carboxylic acid groups (broad SMARTS) is 1. The number of carboxylic acids is 1. The lowest BCUT2D eigenvalue weighted by molar-refractivity contribution is -0.159. The second-order valence-electron chi connectivity index (χ2n) is 6.32. The van der Waals surface area contributed by atoms with Gasteiger partial charge in [0.1, 0.15) is 5.54 Å². The predicted molar refractivity (Wildman–Crippen MR) is 71.9 cm³/mol. The quantitative estimate of drug-likeness (QED) is 0.803. The van der Waals surface area contributed by atoms with Crippen molar-refractivity contribution in [3.8, 4) is 0 Å². The van der Waals surface area contributed by atoms with E-state index in [0.717, 1.165) is 0 Å². The summed E-state index contributed by atoms with van der Waals surface area (Å²) < 4.78 is 0. The first-order chi connectivity index (χ1) is 9.25. The van der Waals surface area contributed by atoms with Crippen LogP contribution in [0, 0.1) is 11.8 Å². The third-order valence-corrected chi connectivity index (χ3v) is 4.60. The van der Waals surface area contributed by atoms with Crippen molar-refractivity contribution in [1.29, 1.82) is 0 Å². The number of rotatable bonds is 2. The van der Waals surface area contributed by atoms with E-state index in [1.54, 1.807) is 30.7 Å². The van der Waals surface area contributed by atoms with E-state index in [2.05, 4.69) is 0 Å². The maximum Gasteiger partial charge on any atom is 0.306 e. The Morgan fingerprint density at radius 1 is 1.20 bits per heavy atom. The number of carbonyl (C=O) groups is 3. The van der Waals surface area contributed by atoms with Gasteiger partial charge in [0.25, 0.3) is 0 Å². The summed E-state index contributed by atoms with van der Waals surface area (Å²) in [4.78, 5) is 39.0. The second kappa shape index (κ2) is 5.07. The second-order valence-corrected chi connectivity index (χ2v) is 6.32. The Kier molecular flexibility index (Phi) is 3.75. The van der Waals surface area contributed by atoms with Crippen LogP contribution in [-0.2, 0) is 14.4 Å². The third-order valence-electron chi connectivity index (χ3n) is 4.60. The van der Waals surface area contributed by atoms with E-state index in [1.807, 2.05) is 0 Å². The van der Waals surface area contributed by atoms with Gasteiger partial charge in [0.2, 0.25) is 11.8 Å². The van der Waals surface area contributed by atoms with Crippen molar-refractivity contribution >= 4 is 17.8 Å². The first kappa shape index (κ1) is 14.8. The van der Waals surface area contributed by atoms with Crippen molar-refractivity contribution in [3.05, 3.63) is 0 Å². The van der Waals surface area contributed by atoms with E-state index in [1.165, 1.54) is 0 Å². The predicted octanol–water partition coefficient (Wildman–Crippen LogP) is 0.566. The highest BCUT2D eigenvalue weighted by atomic mass is 16.4. The van der Waals surface area contributed by atoms with Gasteiger partial charge in [0, 0.05) is 26.1 Å². The molecular formula is C14H22N2O4. The molecule has 1 saturated heterocycles. The van der Waals surface area contributed by atoms with Gasteiger partial charge in [-0.05, 0) is 33.1 Å². The van der Waals surface area contributed by atoms with Gasteiger partial charge in [-0.3, -0.25) is 14.4 Å². The van der Waals surface area contributed by atoms with E-state index < -0.39 is 17.4 Å². The normalized spacial score (nSPS) is 29.6. The van der Waals surface area contributed by atoms with Gasteiger partial charge in [-0.2, -0.15) is 0 Å². The lowest BCUT2D eigenvalue weighted by Gasteiger charge is -2.45. The zero-order valence-electron chi connectivity index (χ0n) is 12.3. The maximum absolute atomic E-state index is 12.6. The van der Waals surface area contributed by atoms with Gasteiger partial charge in [0.05, 0.1) is 5.92 Å². The summed E-state index contributed by atoms with van der Waals surface area (Å²) in [5.74, 6) is -1.64. The molecule has 0 aromatic carbocycles. The van der Waals surface area contributed by atoms with Gasteiger partial charge < -0.3 is 14.9 Å². The molecule has 1 aliphatic heterocycles. The lowest BCUT2D eigenvalue weighted by Crippen LogP contribution is -2.64. The van der Waals surface area contributed by atoms with Gasteiger partial charge >= 0.3 is 5.97 Å². The Labute approximate surface area is 118 Å². The molecule has 6 nitrogen and oxygen atoms in total. The van der Waals surface area contributed by atoms with Crippen molar-refractivity contribution in [2.24, 2.45) is 11.8 Å². The SMILES string of the molecule is CN1CCN(C(=O)[C@@H]2CC[C@H](C(=O)O)C2)C(C)(C)C1=O. The summed E-state index contributed by atoms with van der Waals surface area (Å²) in [7, 11) is 1.74. The summed E-state index contributed by atoms with van der Waals surface area (Å²) in [6.07, 6.45) is 1.55. The largest absolute Gasteiger partial charge is 0.481 e. The summed E-state index contributed by atoms with van der Waals surface area (Å²) in [5, 5.41) is 9.02. The lowest BCUT2D eigenvalue weighted by atomic mass is 9.94. The number of piperazine rings is 1. The standard InChI is InChI=1S/C14H22N2O4/c1-14(2)13(20)15(3)6-7-16(14)11(17)9-4-5-10(8-9)12(18)19/h9-10H,4-8H2,1-3H3,(H,18,19)/t9-,10+/m1/s1. The molecule has 1 aliphatic carbocycles. The molecule has 0 unspecified atom stereocenters. The zero-order chi connectivity index (χ0) is 15.1. The highest BCUT2D eigenvalue weighted by Gasteiger charge is 2.46. The molecule has 112 valence electrons. The topological polar surface area (TPSA) is 77.9 Å². The molecule has 1 N–H and O–H groups in total. The number of nitrogens with zero attached hydrogens (tertiary/aromatic N) is 2. The van der Waals surface area contributed by atoms with Crippen molar-refractivity contribution in [2.75, 3.05) is 20.1 Å². The van der Waals surface area contributed by atoms with Gasteiger partial charge in [-0.25, -0.2) is 0 Å². The van der Waals surface area contributed by atoms with Crippen molar-refractivity contribution < 1.29 is 19.5 Å². The minimum absolute atomic E-state index is 0.0649. The van der Waals surface area contributed by atoms with E-state index in [0.29, 0.717) is 32.4 Å². The molecule has 0 spiro atoms. The van der Waals surface area contributed by atoms with Crippen molar-refractivity contribution in [1.82, 2.24) is 9.80 Å². The molecule has 20 heavy (non-hydrogen) atoms. The average Bonchev–Trinajstić information content (AvgIpc) is 2.85. The molecule has 0 bridgehead atoms. The van der Waals surface area contributed by atoms with Crippen LogP contribution < -0.4 is 0 Å². The van der Waals surface area contributed by atoms with E-state index >= 15 is 0 Å². The summed E-state index contributed by atoms with van der Waals surface area (Å²) in [6.45, 7) is 4.56. The van der Waals surface area contributed by atoms with Crippen LogP contribution in [0.4, 0.5) is 0 Å². The fraction of sp³-hybridized carbons (Fsp3) is 0.786. The maximum atomic E-state index is 12.6. The van der Waals surface area contributed by atoms with Gasteiger partial charge in [-0.15, -0.1) is 0 Å². The van der Waals surface area contributed by atoms with Crippen LogP contribution in [0.15, 0.2) is 0 Å². The highest BCUT2D eigenvalue weighted by molar-refractivity contribution is 5.92. The Morgan fingerprint density at radius 2 is 1.80 bits per heavy atom. The van der Waals surface area contributed by atoms with Gasteiger partial charge in [0.15, 0.2) is 0 Å². The molecule has 2 rings (SSSR count). The van der Waals surface area contributed by atoms with Crippen LogP contribution in [-0.4, -0.2) is 58.4 Å². The summed E-state index contributed by atoms with van der Waals surface area (Å²) >= 11 is 0. The molecule has 2 atom stereocenters. The molecule has 0 aromatic rings. The third kappa shape index (κ3) is 2.39. The van der Waals surface area contributed by atoms with E-state index in [-0.39, 0.29) is 17.7 Å². The summed E-state index contributed by atoms with van der Waals surface area (Å²) in [5.41, 5.74) is -0.842. The number of hydrogen-bond acceptors (Lipinski definition) is 3. The van der Waals surface area contributed by atoms with Crippen LogP contribution in [0.2, 0.25) is 0 Å². The molecule has 6 heteroatoms. The smallest absolute Gasteiger partial charge is 0.306 e. The Morgan fingerprint density at radius 3 is 2.35 bits per heavy atom. The number of aliphatic carboxylic acids is 1. The molecule has 1 heterocycles. The number of likely N-dealkylation sites (N-methyl/N-ethyl adjacent to an activating group) is 1. The molecule has 2 fully saturated rings.